The van der Waals surface area contributed by atoms with Gasteiger partial charge in [-0.25, -0.2) is 0 Å². The second-order valence-corrected chi connectivity index (χ2v) is 5.88. The van der Waals surface area contributed by atoms with Gasteiger partial charge in [-0.05, 0) is 38.1 Å². The van der Waals surface area contributed by atoms with Crippen LogP contribution in [0.5, 0.6) is 5.75 Å². The lowest BCUT2D eigenvalue weighted by Gasteiger charge is -2.11. The predicted molar refractivity (Wildman–Crippen MR) is 90.4 cm³/mol. The van der Waals surface area contributed by atoms with Crippen molar-refractivity contribution in [2.45, 2.75) is 39.3 Å². The van der Waals surface area contributed by atoms with Crippen molar-refractivity contribution in [2.75, 3.05) is 5.32 Å². The Hall–Kier alpha value is -3.04. The molecule has 1 aromatic carbocycles. The molecule has 144 valence electrons. The van der Waals surface area contributed by atoms with E-state index in [1.807, 2.05) is 20.0 Å². The van der Waals surface area contributed by atoms with Crippen molar-refractivity contribution in [3.8, 4) is 5.75 Å². The van der Waals surface area contributed by atoms with Gasteiger partial charge in [0.2, 0.25) is 6.10 Å². The Labute approximate surface area is 152 Å². The lowest BCUT2D eigenvalue weighted by Crippen LogP contribution is -2.28. The third-order valence-corrected chi connectivity index (χ3v) is 3.90. The normalized spacial score (nSPS) is 16.6. The largest absolute Gasteiger partial charge is 0.573 e. The number of halogens is 3. The van der Waals surface area contributed by atoms with Crippen LogP contribution >= 0.6 is 0 Å². The molecule has 27 heavy (non-hydrogen) atoms. The van der Waals surface area contributed by atoms with Crippen molar-refractivity contribution in [1.29, 1.82) is 0 Å². The highest BCUT2D eigenvalue weighted by Crippen LogP contribution is 2.25. The van der Waals surface area contributed by atoms with Crippen LogP contribution < -0.4 is 10.1 Å². The maximum atomic E-state index is 12.3. The Bertz CT molecular complexity index is 859. The molecule has 1 amide bonds. The molecule has 1 aliphatic heterocycles. The number of anilines is 1. The number of aryl methyl sites for hydroxylation is 2. The Morgan fingerprint density at radius 1 is 1.37 bits per heavy atom. The number of oxime groups is 1. The van der Waals surface area contributed by atoms with Crippen LogP contribution in [0.4, 0.5) is 18.9 Å². The summed E-state index contributed by atoms with van der Waals surface area (Å²) in [5, 5.41) is 10.9. The lowest BCUT2D eigenvalue weighted by molar-refractivity contribution is -0.274. The summed E-state index contributed by atoms with van der Waals surface area (Å²) >= 11 is 0. The average molecular weight is 382 g/mol. The number of carbonyl (C=O) groups excluding carboxylic acids is 1. The number of aromatic nitrogens is 2. The van der Waals surface area contributed by atoms with Gasteiger partial charge >= 0.3 is 6.36 Å². The number of ether oxygens (including phenoxy) is 1. The van der Waals surface area contributed by atoms with Crippen molar-refractivity contribution in [2.24, 2.45) is 5.16 Å². The van der Waals surface area contributed by atoms with Gasteiger partial charge in [0, 0.05) is 30.4 Å². The van der Waals surface area contributed by atoms with E-state index in [1.165, 1.54) is 12.1 Å². The fraction of sp³-hybridized carbons (Fsp3) is 0.353. The van der Waals surface area contributed by atoms with Gasteiger partial charge in [0.1, 0.15) is 5.75 Å². The van der Waals surface area contributed by atoms with Crippen LogP contribution in [0, 0.1) is 6.92 Å². The van der Waals surface area contributed by atoms with E-state index in [1.54, 1.807) is 4.68 Å². The molecule has 0 fully saturated rings. The van der Waals surface area contributed by atoms with E-state index in [2.05, 4.69) is 20.3 Å². The second-order valence-electron chi connectivity index (χ2n) is 5.88. The lowest BCUT2D eigenvalue weighted by atomic mass is 10.1. The van der Waals surface area contributed by atoms with Crippen LogP contribution in [0.2, 0.25) is 0 Å². The summed E-state index contributed by atoms with van der Waals surface area (Å²) < 4.78 is 42.0. The monoisotopic (exact) mass is 382 g/mol. The van der Waals surface area contributed by atoms with Gasteiger partial charge in [0.15, 0.2) is 0 Å². The molecule has 0 radical (unpaired) electrons. The van der Waals surface area contributed by atoms with Gasteiger partial charge in [-0.2, -0.15) is 5.10 Å². The molecule has 1 aromatic heterocycles. The van der Waals surface area contributed by atoms with Gasteiger partial charge in [-0.15, -0.1) is 13.2 Å². The number of nitrogens with zero attached hydrogens (tertiary/aromatic N) is 3. The molecular weight excluding hydrogens is 365 g/mol. The summed E-state index contributed by atoms with van der Waals surface area (Å²) in [4.78, 5) is 17.5. The molecule has 1 N–H and O–H groups in total. The van der Waals surface area contributed by atoms with Crippen LogP contribution in [0.25, 0.3) is 0 Å². The van der Waals surface area contributed by atoms with Crippen molar-refractivity contribution in [3.05, 3.63) is 41.7 Å². The van der Waals surface area contributed by atoms with E-state index in [-0.39, 0.29) is 12.2 Å². The Balaban J connectivity index is 1.59. The molecule has 7 nitrogen and oxygen atoms in total. The molecule has 10 heteroatoms. The number of amides is 1. The number of hydrogen-bond acceptors (Lipinski definition) is 5. The number of carbonyl (C=O) groups is 1. The number of alkyl halides is 3. The predicted octanol–water partition coefficient (Wildman–Crippen LogP) is 3.24. The zero-order valence-electron chi connectivity index (χ0n) is 14.6. The Morgan fingerprint density at radius 2 is 2.07 bits per heavy atom. The summed E-state index contributed by atoms with van der Waals surface area (Å²) in [6, 6.07) is 4.85. The summed E-state index contributed by atoms with van der Waals surface area (Å²) in [5.41, 5.74) is 2.56. The zero-order chi connectivity index (χ0) is 19.6. The first-order chi connectivity index (χ1) is 12.7. The van der Waals surface area contributed by atoms with Crippen LogP contribution in [-0.2, 0) is 16.2 Å². The minimum Gasteiger partial charge on any atom is -0.406 e. The van der Waals surface area contributed by atoms with E-state index in [4.69, 9.17) is 4.84 Å². The summed E-state index contributed by atoms with van der Waals surface area (Å²) in [6.45, 7) is 4.53. The Kier molecular flexibility index (Phi) is 5.06. The van der Waals surface area contributed by atoms with E-state index >= 15 is 0 Å². The first-order valence-electron chi connectivity index (χ1n) is 8.19. The number of hydrogen-bond donors (Lipinski definition) is 1. The number of benzene rings is 1. The molecule has 0 saturated carbocycles. The molecule has 1 unspecified atom stereocenters. The van der Waals surface area contributed by atoms with E-state index in [0.29, 0.717) is 17.9 Å². The summed E-state index contributed by atoms with van der Waals surface area (Å²) in [6.07, 6.45) is -3.47. The maximum Gasteiger partial charge on any atom is 0.573 e. The van der Waals surface area contributed by atoms with Gasteiger partial charge in [0.05, 0.1) is 11.4 Å². The van der Waals surface area contributed by atoms with Crippen LogP contribution in [0.1, 0.15) is 24.6 Å². The summed E-state index contributed by atoms with van der Waals surface area (Å²) in [5.74, 6) is -0.814. The van der Waals surface area contributed by atoms with Gasteiger partial charge < -0.3 is 14.9 Å². The maximum absolute atomic E-state index is 12.3. The van der Waals surface area contributed by atoms with Crippen molar-refractivity contribution >= 4 is 17.3 Å². The van der Waals surface area contributed by atoms with E-state index in [0.717, 1.165) is 23.4 Å². The van der Waals surface area contributed by atoms with E-state index in [9.17, 15) is 18.0 Å². The molecule has 0 bridgehead atoms. The zero-order valence-corrected chi connectivity index (χ0v) is 14.6. The molecule has 2 aromatic rings. The van der Waals surface area contributed by atoms with Crippen molar-refractivity contribution < 1.29 is 27.5 Å². The topological polar surface area (TPSA) is 77.7 Å². The first-order valence-corrected chi connectivity index (χ1v) is 8.19. The number of nitrogens with one attached hydrogen (secondary N) is 1. The van der Waals surface area contributed by atoms with Gasteiger partial charge in [-0.3, -0.25) is 9.48 Å². The molecule has 0 aliphatic carbocycles. The molecule has 1 aliphatic rings. The third kappa shape index (κ3) is 4.57. The molecule has 0 saturated heterocycles. The van der Waals surface area contributed by atoms with Crippen molar-refractivity contribution in [3.63, 3.8) is 0 Å². The number of rotatable bonds is 5. The Morgan fingerprint density at radius 3 is 2.67 bits per heavy atom. The fourth-order valence-electron chi connectivity index (χ4n) is 2.60. The molecular formula is C17H17F3N4O3. The molecule has 3 rings (SSSR count). The van der Waals surface area contributed by atoms with Crippen LogP contribution in [0.15, 0.2) is 35.6 Å². The first kappa shape index (κ1) is 18.7. The standard InChI is InChI=1S/C17H17F3N4O3/c1-3-24-9-13(10(2)22-24)14-8-15(27-23-14)16(25)21-11-4-6-12(7-5-11)26-17(18,19)20/h4-7,9,15H,3,8H2,1-2H3,(H,21,25). The van der Waals surface area contributed by atoms with E-state index < -0.39 is 18.4 Å². The average Bonchev–Trinajstić information content (AvgIpc) is 3.21. The smallest absolute Gasteiger partial charge is 0.406 e. The molecule has 0 spiro atoms. The van der Waals surface area contributed by atoms with Crippen LogP contribution in [-0.4, -0.2) is 33.9 Å². The SMILES string of the molecule is CCn1cc(C2=NOC(C(=O)Nc3ccc(OC(F)(F)F)cc3)C2)c(C)n1. The minimum atomic E-state index is -4.76. The highest BCUT2D eigenvalue weighted by atomic mass is 19.4. The van der Waals surface area contributed by atoms with Crippen LogP contribution in [0.3, 0.4) is 0 Å². The van der Waals surface area contributed by atoms with Crippen molar-refractivity contribution in [1.82, 2.24) is 9.78 Å². The fourth-order valence-corrected chi connectivity index (χ4v) is 2.60. The van der Waals surface area contributed by atoms with Gasteiger partial charge in [-0.1, -0.05) is 5.16 Å². The molecule has 2 heterocycles. The highest BCUT2D eigenvalue weighted by molar-refractivity contribution is 6.06. The minimum absolute atomic E-state index is 0.275. The molecule has 1 atom stereocenters. The second kappa shape index (κ2) is 7.29. The van der Waals surface area contributed by atoms with Gasteiger partial charge in [0.25, 0.3) is 5.91 Å². The highest BCUT2D eigenvalue weighted by Gasteiger charge is 2.32. The third-order valence-electron chi connectivity index (χ3n) is 3.90. The summed E-state index contributed by atoms with van der Waals surface area (Å²) in [7, 11) is 0. The quantitative estimate of drug-likeness (QED) is 0.861.